The van der Waals surface area contributed by atoms with E-state index in [9.17, 15) is 20.1 Å². The van der Waals surface area contributed by atoms with E-state index in [-0.39, 0.29) is 11.6 Å². The second-order valence-electron chi connectivity index (χ2n) is 5.07. The second-order valence-corrected chi connectivity index (χ2v) is 5.07. The van der Waals surface area contributed by atoms with E-state index >= 15 is 0 Å². The maximum Gasteiger partial charge on any atom is 0.325 e. The molecule has 2 amide bonds. The normalized spacial score (nSPS) is 39.0. The second kappa shape index (κ2) is 4.84. The molecule has 21 heavy (non-hydrogen) atoms. The Hall–Kier alpha value is -1.88. The number of aliphatic hydroxyl groups is 4. The summed E-state index contributed by atoms with van der Waals surface area (Å²) in [6, 6.07) is -0.538. The van der Waals surface area contributed by atoms with Gasteiger partial charge in [-0.05, 0) is 0 Å². The third-order valence-corrected chi connectivity index (χ3v) is 3.82. The summed E-state index contributed by atoms with van der Waals surface area (Å²) in [6.45, 7) is -0.450. The highest BCUT2D eigenvalue weighted by Crippen LogP contribution is 2.32. The highest BCUT2D eigenvalue weighted by Gasteiger charge is 2.50. The van der Waals surface area contributed by atoms with Gasteiger partial charge in [0.05, 0.1) is 12.9 Å². The Morgan fingerprint density at radius 1 is 1.43 bits per heavy atom. The molecular formula is C11H16N4O6. The van der Waals surface area contributed by atoms with Crippen LogP contribution in [0, 0.1) is 0 Å². The van der Waals surface area contributed by atoms with Crippen LogP contribution in [0.5, 0.6) is 0 Å². The standard InChI is InChI=1S/C11H16N4O6/c1-14-9-5(8(19)13-11(14)20)12-3-15(9)10-7(18)6(17)4(2-16)21-10/h3-4,6-7,9-10,16-19H,2H2,1H3,(H,13,20)/t4-,6-,7-,9?,10-/m1/s1. The number of carbonyl (C=O) groups is 1. The van der Waals surface area contributed by atoms with Crippen molar-refractivity contribution in [2.75, 3.05) is 13.7 Å². The van der Waals surface area contributed by atoms with Crippen molar-refractivity contribution in [3.05, 3.63) is 11.6 Å². The summed E-state index contributed by atoms with van der Waals surface area (Å²) in [5.41, 5.74) is 0.204. The molecule has 1 saturated heterocycles. The molecule has 3 aliphatic rings. The average Bonchev–Trinajstić information content (AvgIpc) is 3.00. The number of hydrogen-bond acceptors (Lipinski definition) is 8. The van der Waals surface area contributed by atoms with Gasteiger partial charge in [0.1, 0.15) is 24.0 Å². The molecule has 3 rings (SSSR count). The minimum atomic E-state index is -1.28. The summed E-state index contributed by atoms with van der Waals surface area (Å²) in [5.74, 6) is -0.367. The Morgan fingerprint density at radius 2 is 2.14 bits per heavy atom. The Balaban J connectivity index is 1.89. The first kappa shape index (κ1) is 14.1. The van der Waals surface area contributed by atoms with Crippen LogP contribution in [0.4, 0.5) is 4.79 Å². The van der Waals surface area contributed by atoms with Crippen molar-refractivity contribution >= 4 is 12.4 Å². The summed E-state index contributed by atoms with van der Waals surface area (Å²) < 4.78 is 5.41. The number of likely N-dealkylation sites (N-methyl/N-ethyl adjacent to an activating group) is 1. The Kier molecular flexibility index (Phi) is 3.24. The van der Waals surface area contributed by atoms with Gasteiger partial charge < -0.3 is 35.0 Å². The van der Waals surface area contributed by atoms with Gasteiger partial charge in [-0.25, -0.2) is 9.79 Å². The summed E-state index contributed by atoms with van der Waals surface area (Å²) in [7, 11) is 1.50. The first-order valence-electron chi connectivity index (χ1n) is 6.36. The molecule has 0 spiro atoms. The fourth-order valence-electron chi connectivity index (χ4n) is 2.66. The van der Waals surface area contributed by atoms with Crippen LogP contribution in [0.25, 0.3) is 0 Å². The zero-order chi connectivity index (χ0) is 15.3. The predicted octanol–water partition coefficient (Wildman–Crippen LogP) is -2.52. The van der Waals surface area contributed by atoms with Gasteiger partial charge in [-0.15, -0.1) is 0 Å². The van der Waals surface area contributed by atoms with Gasteiger partial charge in [0, 0.05) is 7.05 Å². The molecule has 0 aromatic heterocycles. The third-order valence-electron chi connectivity index (χ3n) is 3.82. The van der Waals surface area contributed by atoms with Gasteiger partial charge >= 0.3 is 6.03 Å². The van der Waals surface area contributed by atoms with Gasteiger partial charge in [-0.1, -0.05) is 0 Å². The summed E-state index contributed by atoms with van der Waals surface area (Å²) in [6.07, 6.45) is -3.91. The molecule has 3 heterocycles. The van der Waals surface area contributed by atoms with Crippen molar-refractivity contribution in [2.45, 2.75) is 30.7 Å². The van der Waals surface area contributed by atoms with E-state index in [0.717, 1.165) is 0 Å². The highest BCUT2D eigenvalue weighted by atomic mass is 16.6. The number of aliphatic hydroxyl groups excluding tert-OH is 4. The number of carbonyl (C=O) groups excluding carboxylic acids is 1. The van der Waals surface area contributed by atoms with Crippen LogP contribution in [-0.4, -0.2) is 87.0 Å². The minimum Gasteiger partial charge on any atom is -0.493 e. The average molecular weight is 300 g/mol. The number of nitrogens with zero attached hydrogens (tertiary/aromatic N) is 3. The van der Waals surface area contributed by atoms with Crippen molar-refractivity contribution < 1.29 is 30.0 Å². The highest BCUT2D eigenvalue weighted by molar-refractivity contribution is 5.80. The number of hydrogen-bond donors (Lipinski definition) is 5. The number of fused-ring (bicyclic) bond motifs is 1. The first-order chi connectivity index (χ1) is 9.95. The molecule has 1 fully saturated rings. The smallest absolute Gasteiger partial charge is 0.325 e. The number of nitrogens with one attached hydrogen (secondary N) is 1. The van der Waals surface area contributed by atoms with Gasteiger partial charge in [-0.2, -0.15) is 0 Å². The molecular weight excluding hydrogens is 284 g/mol. The molecule has 5 atom stereocenters. The zero-order valence-corrected chi connectivity index (χ0v) is 11.1. The molecule has 0 aliphatic carbocycles. The van der Waals surface area contributed by atoms with E-state index in [0.29, 0.717) is 0 Å². The summed E-state index contributed by atoms with van der Waals surface area (Å²) in [4.78, 5) is 18.4. The molecule has 0 radical (unpaired) electrons. The van der Waals surface area contributed by atoms with Crippen LogP contribution in [0.1, 0.15) is 0 Å². The lowest BCUT2D eigenvalue weighted by atomic mass is 10.1. The van der Waals surface area contributed by atoms with E-state index in [4.69, 9.17) is 9.84 Å². The summed E-state index contributed by atoms with van der Waals surface area (Å²) >= 11 is 0. The minimum absolute atomic E-state index is 0.204. The van der Waals surface area contributed by atoms with Crippen molar-refractivity contribution in [3.8, 4) is 0 Å². The summed E-state index contributed by atoms with van der Waals surface area (Å²) in [5, 5.41) is 40.9. The van der Waals surface area contributed by atoms with E-state index in [2.05, 4.69) is 10.3 Å². The van der Waals surface area contributed by atoms with Crippen LogP contribution in [0.2, 0.25) is 0 Å². The molecule has 10 nitrogen and oxygen atoms in total. The van der Waals surface area contributed by atoms with Crippen LogP contribution in [-0.2, 0) is 4.74 Å². The van der Waals surface area contributed by atoms with Crippen molar-refractivity contribution in [1.29, 1.82) is 0 Å². The van der Waals surface area contributed by atoms with Crippen molar-refractivity contribution in [2.24, 2.45) is 4.99 Å². The lowest BCUT2D eigenvalue weighted by Gasteiger charge is -2.38. The van der Waals surface area contributed by atoms with Gasteiger partial charge in [0.25, 0.3) is 0 Å². The molecule has 5 N–H and O–H groups in total. The fourth-order valence-corrected chi connectivity index (χ4v) is 2.66. The topological polar surface area (TPSA) is 138 Å². The van der Waals surface area contributed by atoms with E-state index in [1.54, 1.807) is 0 Å². The maximum absolute atomic E-state index is 11.7. The van der Waals surface area contributed by atoms with Crippen LogP contribution in [0.15, 0.2) is 16.6 Å². The Labute approximate surface area is 119 Å². The number of rotatable bonds is 2. The maximum atomic E-state index is 11.7. The molecule has 0 saturated carbocycles. The predicted molar refractivity (Wildman–Crippen MR) is 67.8 cm³/mol. The van der Waals surface area contributed by atoms with Crippen LogP contribution in [0.3, 0.4) is 0 Å². The fraction of sp³-hybridized carbons (Fsp3) is 0.636. The molecule has 1 unspecified atom stereocenters. The quantitative estimate of drug-likeness (QED) is 0.379. The first-order valence-corrected chi connectivity index (χ1v) is 6.36. The Bertz CT molecular complexity index is 523. The van der Waals surface area contributed by atoms with Crippen LogP contribution < -0.4 is 5.32 Å². The molecule has 10 heteroatoms. The monoisotopic (exact) mass is 300 g/mol. The van der Waals surface area contributed by atoms with E-state index in [1.807, 2.05) is 0 Å². The molecule has 116 valence electrons. The number of amides is 2. The Morgan fingerprint density at radius 3 is 2.76 bits per heavy atom. The van der Waals surface area contributed by atoms with Gasteiger partial charge in [-0.3, -0.25) is 5.32 Å². The SMILES string of the molecule is CN1C(=O)NC(O)=C2N=CN([C@@H]3O[C@H](CO)[C@@H](O)[C@H]3O)C21. The number of urea groups is 1. The van der Waals surface area contributed by atoms with Crippen molar-refractivity contribution in [3.63, 3.8) is 0 Å². The molecule has 3 aliphatic heterocycles. The van der Waals surface area contributed by atoms with E-state index < -0.39 is 43.3 Å². The lowest BCUT2D eigenvalue weighted by Crippen LogP contribution is -2.58. The van der Waals surface area contributed by atoms with Gasteiger partial charge in [0.15, 0.2) is 12.4 Å². The van der Waals surface area contributed by atoms with E-state index in [1.165, 1.54) is 23.2 Å². The van der Waals surface area contributed by atoms with Gasteiger partial charge in [0.2, 0.25) is 5.88 Å². The van der Waals surface area contributed by atoms with Crippen molar-refractivity contribution in [1.82, 2.24) is 15.1 Å². The third kappa shape index (κ3) is 1.95. The number of ether oxygens (including phenoxy) is 1. The zero-order valence-electron chi connectivity index (χ0n) is 11.1. The molecule has 0 bridgehead atoms. The number of aliphatic imine (C=N–C) groups is 1. The lowest BCUT2D eigenvalue weighted by molar-refractivity contribution is -0.0883. The largest absolute Gasteiger partial charge is 0.493 e. The molecule has 0 aromatic carbocycles. The molecule has 0 aromatic rings. The van der Waals surface area contributed by atoms with Crippen LogP contribution >= 0.6 is 0 Å².